The molecule has 4 aromatic carbocycles. The summed E-state index contributed by atoms with van der Waals surface area (Å²) in [7, 11) is 1.59. The summed E-state index contributed by atoms with van der Waals surface area (Å²) >= 11 is 12.4. The maximum absolute atomic E-state index is 13.5. The van der Waals surface area contributed by atoms with Gasteiger partial charge in [0.15, 0.2) is 0 Å². The fourth-order valence-corrected chi connectivity index (χ4v) is 4.20. The standard InChI is InChI=1S/C29H24Cl2N2O3/c1-36-25-14-10-23(11-15-25)32-28(34)17-20-7-12-24(13-8-20)33(19-21-5-3-2-4-6-21)29(35)26-16-9-22(30)18-27(26)31/h2-16,18H,17,19H2,1H3,(H,32,34). The number of nitrogens with zero attached hydrogens (tertiary/aromatic N) is 1. The van der Waals surface area contributed by atoms with Crippen LogP contribution in [-0.2, 0) is 17.8 Å². The second-order valence-corrected chi connectivity index (χ2v) is 8.96. The van der Waals surface area contributed by atoms with Gasteiger partial charge in [-0.05, 0) is 65.7 Å². The average Bonchev–Trinajstić information content (AvgIpc) is 2.88. The molecule has 0 aliphatic carbocycles. The maximum atomic E-state index is 13.5. The summed E-state index contributed by atoms with van der Waals surface area (Å²) in [4.78, 5) is 27.7. The normalized spacial score (nSPS) is 10.5. The van der Waals surface area contributed by atoms with Crippen molar-refractivity contribution in [1.29, 1.82) is 0 Å². The summed E-state index contributed by atoms with van der Waals surface area (Å²) in [5, 5.41) is 3.63. The highest BCUT2D eigenvalue weighted by atomic mass is 35.5. The smallest absolute Gasteiger partial charge is 0.260 e. The third kappa shape index (κ3) is 6.45. The van der Waals surface area contributed by atoms with Gasteiger partial charge in [0.25, 0.3) is 5.91 Å². The number of hydrogen-bond acceptors (Lipinski definition) is 3. The van der Waals surface area contributed by atoms with Gasteiger partial charge in [0.05, 0.1) is 30.7 Å². The van der Waals surface area contributed by atoms with Crippen LogP contribution in [0.25, 0.3) is 0 Å². The highest BCUT2D eigenvalue weighted by Gasteiger charge is 2.21. The molecule has 0 heterocycles. The zero-order chi connectivity index (χ0) is 25.5. The molecule has 4 aromatic rings. The number of ether oxygens (including phenoxy) is 1. The van der Waals surface area contributed by atoms with Crippen LogP contribution in [0.1, 0.15) is 21.5 Å². The predicted octanol–water partition coefficient (Wildman–Crippen LogP) is 7.03. The lowest BCUT2D eigenvalue weighted by Crippen LogP contribution is -2.30. The van der Waals surface area contributed by atoms with Crippen LogP contribution in [0.4, 0.5) is 11.4 Å². The summed E-state index contributed by atoms with van der Waals surface area (Å²) in [5.41, 5.74) is 3.53. The zero-order valence-electron chi connectivity index (χ0n) is 19.6. The Hall–Kier alpha value is -3.80. The minimum absolute atomic E-state index is 0.141. The number of benzene rings is 4. The predicted molar refractivity (Wildman–Crippen MR) is 145 cm³/mol. The summed E-state index contributed by atoms with van der Waals surface area (Å²) in [6.07, 6.45) is 0.196. The Balaban J connectivity index is 1.52. The number of methoxy groups -OCH3 is 1. The van der Waals surface area contributed by atoms with Crippen molar-refractivity contribution >= 4 is 46.4 Å². The second-order valence-electron chi connectivity index (χ2n) is 8.12. The molecule has 182 valence electrons. The first-order valence-electron chi connectivity index (χ1n) is 11.3. The van der Waals surface area contributed by atoms with E-state index >= 15 is 0 Å². The van der Waals surface area contributed by atoms with Crippen molar-refractivity contribution in [3.63, 3.8) is 0 Å². The van der Waals surface area contributed by atoms with E-state index in [9.17, 15) is 9.59 Å². The van der Waals surface area contributed by atoms with E-state index in [0.29, 0.717) is 28.5 Å². The van der Waals surface area contributed by atoms with Crippen molar-refractivity contribution in [2.24, 2.45) is 0 Å². The third-order valence-electron chi connectivity index (χ3n) is 5.58. The fraction of sp³-hybridized carbons (Fsp3) is 0.103. The number of carbonyl (C=O) groups excluding carboxylic acids is 2. The minimum Gasteiger partial charge on any atom is -0.497 e. The van der Waals surface area contributed by atoms with Crippen molar-refractivity contribution in [3.05, 3.63) is 124 Å². The summed E-state index contributed by atoms with van der Waals surface area (Å²) in [6.45, 7) is 0.357. The van der Waals surface area contributed by atoms with Crippen molar-refractivity contribution < 1.29 is 14.3 Å². The van der Waals surface area contributed by atoms with Gasteiger partial charge in [-0.15, -0.1) is 0 Å². The van der Waals surface area contributed by atoms with E-state index in [2.05, 4.69) is 5.32 Å². The molecule has 0 aromatic heterocycles. The number of halogens is 2. The lowest BCUT2D eigenvalue weighted by atomic mass is 10.1. The van der Waals surface area contributed by atoms with Gasteiger partial charge in [-0.3, -0.25) is 9.59 Å². The molecular formula is C29H24Cl2N2O3. The minimum atomic E-state index is -0.245. The summed E-state index contributed by atoms with van der Waals surface area (Å²) < 4.78 is 5.14. The molecule has 2 amide bonds. The molecule has 0 bridgehead atoms. The largest absolute Gasteiger partial charge is 0.497 e. The molecule has 0 atom stereocenters. The van der Waals surface area contributed by atoms with Crippen LogP contribution in [0.2, 0.25) is 10.0 Å². The molecule has 0 spiro atoms. The van der Waals surface area contributed by atoms with E-state index in [1.807, 2.05) is 54.6 Å². The lowest BCUT2D eigenvalue weighted by molar-refractivity contribution is -0.115. The third-order valence-corrected chi connectivity index (χ3v) is 6.12. The highest BCUT2D eigenvalue weighted by molar-refractivity contribution is 6.37. The van der Waals surface area contributed by atoms with Crippen LogP contribution in [0, 0.1) is 0 Å². The van der Waals surface area contributed by atoms with Gasteiger partial charge in [-0.2, -0.15) is 0 Å². The molecule has 4 rings (SSSR count). The molecule has 0 saturated carbocycles. The van der Waals surface area contributed by atoms with E-state index in [4.69, 9.17) is 27.9 Å². The lowest BCUT2D eigenvalue weighted by Gasteiger charge is -2.24. The quantitative estimate of drug-likeness (QED) is 0.272. The Morgan fingerprint density at radius 3 is 2.17 bits per heavy atom. The Bertz CT molecular complexity index is 1340. The number of amides is 2. The van der Waals surface area contributed by atoms with E-state index in [0.717, 1.165) is 16.9 Å². The van der Waals surface area contributed by atoms with Crippen LogP contribution < -0.4 is 15.0 Å². The monoisotopic (exact) mass is 518 g/mol. The van der Waals surface area contributed by atoms with Gasteiger partial charge in [0.2, 0.25) is 5.91 Å². The fourth-order valence-electron chi connectivity index (χ4n) is 3.71. The Morgan fingerprint density at radius 1 is 0.833 bits per heavy atom. The van der Waals surface area contributed by atoms with Gasteiger partial charge >= 0.3 is 0 Å². The topological polar surface area (TPSA) is 58.6 Å². The molecule has 0 saturated heterocycles. The summed E-state index contributed by atoms with van der Waals surface area (Å²) in [6, 6.07) is 29.0. The molecule has 0 fully saturated rings. The first-order chi connectivity index (χ1) is 17.4. The van der Waals surface area contributed by atoms with Crippen molar-refractivity contribution in [1.82, 2.24) is 0 Å². The van der Waals surface area contributed by atoms with Crippen LogP contribution in [0.5, 0.6) is 5.75 Å². The van der Waals surface area contributed by atoms with E-state index in [-0.39, 0.29) is 23.3 Å². The molecule has 0 aliphatic rings. The zero-order valence-corrected chi connectivity index (χ0v) is 21.1. The van der Waals surface area contributed by atoms with Crippen LogP contribution in [-0.4, -0.2) is 18.9 Å². The Kier molecular flexibility index (Phi) is 8.26. The van der Waals surface area contributed by atoms with Gasteiger partial charge in [-0.1, -0.05) is 65.7 Å². The molecule has 0 unspecified atom stereocenters. The first-order valence-corrected chi connectivity index (χ1v) is 12.0. The Labute approximate surface area is 220 Å². The van der Waals surface area contributed by atoms with Gasteiger partial charge in [-0.25, -0.2) is 0 Å². The van der Waals surface area contributed by atoms with Gasteiger partial charge in [0, 0.05) is 16.4 Å². The average molecular weight is 519 g/mol. The molecular weight excluding hydrogens is 495 g/mol. The summed E-state index contributed by atoms with van der Waals surface area (Å²) in [5.74, 6) is 0.335. The number of hydrogen-bond donors (Lipinski definition) is 1. The van der Waals surface area contributed by atoms with E-state index in [1.54, 1.807) is 54.5 Å². The number of nitrogens with one attached hydrogen (secondary N) is 1. The molecule has 0 aliphatic heterocycles. The Morgan fingerprint density at radius 2 is 1.53 bits per heavy atom. The van der Waals surface area contributed by atoms with Crippen LogP contribution in [0.15, 0.2) is 97.1 Å². The van der Waals surface area contributed by atoms with Crippen molar-refractivity contribution in [2.75, 3.05) is 17.3 Å². The molecule has 5 nitrogen and oxygen atoms in total. The van der Waals surface area contributed by atoms with Gasteiger partial charge in [0.1, 0.15) is 5.75 Å². The number of rotatable bonds is 8. The van der Waals surface area contributed by atoms with E-state index < -0.39 is 0 Å². The second kappa shape index (κ2) is 11.8. The number of carbonyl (C=O) groups is 2. The van der Waals surface area contributed by atoms with Crippen LogP contribution >= 0.6 is 23.2 Å². The molecule has 7 heteroatoms. The highest BCUT2D eigenvalue weighted by Crippen LogP contribution is 2.27. The molecule has 36 heavy (non-hydrogen) atoms. The van der Waals surface area contributed by atoms with Crippen LogP contribution in [0.3, 0.4) is 0 Å². The van der Waals surface area contributed by atoms with Crippen molar-refractivity contribution in [3.8, 4) is 5.75 Å². The number of anilines is 2. The maximum Gasteiger partial charge on any atom is 0.260 e. The molecule has 0 radical (unpaired) electrons. The first kappa shape index (κ1) is 25.3. The SMILES string of the molecule is COc1ccc(NC(=O)Cc2ccc(N(Cc3ccccc3)C(=O)c3ccc(Cl)cc3Cl)cc2)cc1. The van der Waals surface area contributed by atoms with Crippen molar-refractivity contribution in [2.45, 2.75) is 13.0 Å². The molecule has 1 N–H and O–H groups in total. The van der Waals surface area contributed by atoms with E-state index in [1.165, 1.54) is 0 Å². The van der Waals surface area contributed by atoms with Gasteiger partial charge < -0.3 is 15.0 Å².